The number of hydrogen-bond donors (Lipinski definition) is 1. The van der Waals surface area contributed by atoms with E-state index in [2.05, 4.69) is 29.6 Å². The third kappa shape index (κ3) is 3.24. The molecule has 5 heteroatoms. The fraction of sp³-hybridized carbons (Fsp3) is 0.250. The molecule has 0 fully saturated rings. The molecule has 2 aromatic carbocycles. The van der Waals surface area contributed by atoms with Crippen molar-refractivity contribution < 1.29 is 8.42 Å². The van der Waals surface area contributed by atoms with Crippen LogP contribution in [0.2, 0.25) is 0 Å². The Bertz CT molecular complexity index is 739. The van der Waals surface area contributed by atoms with Crippen molar-refractivity contribution in [3.63, 3.8) is 0 Å². The highest BCUT2D eigenvalue weighted by molar-refractivity contribution is 7.98. The van der Waals surface area contributed by atoms with Crippen LogP contribution in [0, 0.1) is 0 Å². The highest BCUT2D eigenvalue weighted by Crippen LogP contribution is 2.33. The van der Waals surface area contributed by atoms with Crippen LogP contribution in [0.1, 0.15) is 17.2 Å². The second kappa shape index (κ2) is 5.73. The molecule has 1 unspecified atom stereocenters. The highest BCUT2D eigenvalue weighted by atomic mass is 32.2. The standard InChI is InChI=1S/C16H17NO2S2/c1-21(18,19)14-8-6-13(7-9-14)17-16-11-20-10-12-4-2-3-5-15(12)16/h2-9,16-17H,10-11H2,1H3. The zero-order valence-corrected chi connectivity index (χ0v) is 13.4. The van der Waals surface area contributed by atoms with Crippen molar-refractivity contribution in [1.82, 2.24) is 0 Å². The first kappa shape index (κ1) is 14.5. The molecule has 21 heavy (non-hydrogen) atoms. The number of hydrogen-bond acceptors (Lipinski definition) is 4. The zero-order chi connectivity index (χ0) is 14.9. The van der Waals surface area contributed by atoms with Crippen molar-refractivity contribution in [3.8, 4) is 0 Å². The molecule has 0 spiro atoms. The van der Waals surface area contributed by atoms with Crippen LogP contribution in [-0.4, -0.2) is 20.4 Å². The second-order valence-electron chi connectivity index (χ2n) is 5.21. The molecule has 0 radical (unpaired) electrons. The van der Waals surface area contributed by atoms with Crippen molar-refractivity contribution >= 4 is 27.3 Å². The normalized spacial score (nSPS) is 18.0. The summed E-state index contributed by atoms with van der Waals surface area (Å²) in [7, 11) is -3.13. The lowest BCUT2D eigenvalue weighted by Crippen LogP contribution is -2.18. The van der Waals surface area contributed by atoms with Crippen molar-refractivity contribution in [2.24, 2.45) is 0 Å². The van der Waals surface area contributed by atoms with E-state index in [1.165, 1.54) is 17.4 Å². The Morgan fingerprint density at radius 3 is 2.52 bits per heavy atom. The molecule has 1 heterocycles. The highest BCUT2D eigenvalue weighted by Gasteiger charge is 2.19. The zero-order valence-electron chi connectivity index (χ0n) is 11.7. The molecule has 1 aliphatic rings. The molecule has 1 N–H and O–H groups in total. The molecule has 1 aliphatic heterocycles. The van der Waals surface area contributed by atoms with Gasteiger partial charge in [0.1, 0.15) is 0 Å². The first-order chi connectivity index (χ1) is 10.0. The summed E-state index contributed by atoms with van der Waals surface area (Å²) < 4.78 is 22.9. The molecule has 0 aromatic heterocycles. The number of rotatable bonds is 3. The first-order valence-electron chi connectivity index (χ1n) is 6.76. The smallest absolute Gasteiger partial charge is 0.175 e. The molecule has 0 amide bonds. The minimum atomic E-state index is -3.13. The third-order valence-corrected chi connectivity index (χ3v) is 5.81. The molecule has 1 atom stereocenters. The molecule has 0 aliphatic carbocycles. The molecule has 3 nitrogen and oxygen atoms in total. The van der Waals surface area contributed by atoms with E-state index in [0.717, 1.165) is 17.2 Å². The van der Waals surface area contributed by atoms with Gasteiger partial charge in [0.05, 0.1) is 10.9 Å². The van der Waals surface area contributed by atoms with E-state index >= 15 is 0 Å². The van der Waals surface area contributed by atoms with Crippen LogP contribution in [0.3, 0.4) is 0 Å². The number of thioether (sulfide) groups is 1. The predicted octanol–water partition coefficient (Wildman–Crippen LogP) is 3.49. The van der Waals surface area contributed by atoms with Crippen LogP contribution < -0.4 is 5.32 Å². The minimum absolute atomic E-state index is 0.268. The van der Waals surface area contributed by atoms with Gasteiger partial charge in [-0.25, -0.2) is 8.42 Å². The second-order valence-corrected chi connectivity index (χ2v) is 8.25. The summed E-state index contributed by atoms with van der Waals surface area (Å²) in [6.07, 6.45) is 1.23. The van der Waals surface area contributed by atoms with E-state index < -0.39 is 9.84 Å². The van der Waals surface area contributed by atoms with Crippen molar-refractivity contribution in [2.75, 3.05) is 17.3 Å². The van der Waals surface area contributed by atoms with Gasteiger partial charge < -0.3 is 5.32 Å². The fourth-order valence-electron chi connectivity index (χ4n) is 2.50. The van der Waals surface area contributed by atoms with Crippen LogP contribution in [0.25, 0.3) is 0 Å². The lowest BCUT2D eigenvalue weighted by Gasteiger charge is -2.27. The Morgan fingerprint density at radius 1 is 1.10 bits per heavy atom. The average molecular weight is 319 g/mol. The van der Waals surface area contributed by atoms with E-state index in [9.17, 15) is 8.42 Å². The van der Waals surface area contributed by atoms with Crippen molar-refractivity contribution in [2.45, 2.75) is 16.7 Å². The number of anilines is 1. The summed E-state index contributed by atoms with van der Waals surface area (Å²) in [4.78, 5) is 0.353. The van der Waals surface area contributed by atoms with E-state index in [4.69, 9.17) is 0 Å². The van der Waals surface area contributed by atoms with Gasteiger partial charge in [-0.1, -0.05) is 24.3 Å². The molecule has 2 aromatic rings. The van der Waals surface area contributed by atoms with Crippen LogP contribution in [0.15, 0.2) is 53.4 Å². The van der Waals surface area contributed by atoms with Gasteiger partial charge in [-0.2, -0.15) is 11.8 Å². The summed E-state index contributed by atoms with van der Waals surface area (Å²) in [5.74, 6) is 2.08. The molecule has 0 saturated heterocycles. The van der Waals surface area contributed by atoms with Gasteiger partial charge in [0, 0.05) is 23.4 Å². The maximum absolute atomic E-state index is 11.5. The number of sulfone groups is 1. The predicted molar refractivity (Wildman–Crippen MR) is 88.5 cm³/mol. The Morgan fingerprint density at radius 2 is 1.81 bits per heavy atom. The van der Waals surface area contributed by atoms with Gasteiger partial charge in [0.2, 0.25) is 0 Å². The molecule has 110 valence electrons. The van der Waals surface area contributed by atoms with Crippen molar-refractivity contribution in [3.05, 3.63) is 59.7 Å². The van der Waals surface area contributed by atoms with Gasteiger partial charge in [-0.15, -0.1) is 0 Å². The Labute approximate surface area is 129 Å². The maximum atomic E-state index is 11.5. The van der Waals surface area contributed by atoms with Gasteiger partial charge in [-0.05, 0) is 35.4 Å². The topological polar surface area (TPSA) is 46.2 Å². The Balaban J connectivity index is 1.82. The largest absolute Gasteiger partial charge is 0.377 e. The summed E-state index contributed by atoms with van der Waals surface area (Å²) in [5.41, 5.74) is 3.66. The maximum Gasteiger partial charge on any atom is 0.175 e. The van der Waals surface area contributed by atoms with Gasteiger partial charge in [0.15, 0.2) is 9.84 Å². The van der Waals surface area contributed by atoms with Gasteiger partial charge in [0.25, 0.3) is 0 Å². The molecule has 0 bridgehead atoms. The van der Waals surface area contributed by atoms with Crippen LogP contribution >= 0.6 is 11.8 Å². The van der Waals surface area contributed by atoms with E-state index in [1.807, 2.05) is 23.9 Å². The average Bonchev–Trinajstić information content (AvgIpc) is 2.47. The summed E-state index contributed by atoms with van der Waals surface area (Å²) in [6, 6.07) is 15.7. The SMILES string of the molecule is CS(=O)(=O)c1ccc(NC2CSCc3ccccc32)cc1. The number of benzene rings is 2. The number of fused-ring (bicyclic) bond motifs is 1. The van der Waals surface area contributed by atoms with Gasteiger partial charge in [-0.3, -0.25) is 0 Å². The summed E-state index contributed by atoms with van der Waals surface area (Å²) in [6.45, 7) is 0. The Hall–Kier alpha value is -1.46. The van der Waals surface area contributed by atoms with Crippen LogP contribution in [-0.2, 0) is 15.6 Å². The van der Waals surface area contributed by atoms with E-state index in [-0.39, 0.29) is 6.04 Å². The lowest BCUT2D eigenvalue weighted by molar-refractivity contribution is 0.602. The summed E-state index contributed by atoms with van der Waals surface area (Å²) >= 11 is 1.91. The van der Waals surface area contributed by atoms with Crippen molar-refractivity contribution in [1.29, 1.82) is 0 Å². The van der Waals surface area contributed by atoms with E-state index in [1.54, 1.807) is 12.1 Å². The quantitative estimate of drug-likeness (QED) is 0.940. The van der Waals surface area contributed by atoms with E-state index in [0.29, 0.717) is 4.90 Å². The lowest BCUT2D eigenvalue weighted by atomic mass is 10.0. The molecule has 0 saturated carbocycles. The number of nitrogens with one attached hydrogen (secondary N) is 1. The Kier molecular flexibility index (Phi) is 3.95. The fourth-order valence-corrected chi connectivity index (χ4v) is 4.23. The minimum Gasteiger partial charge on any atom is -0.377 e. The summed E-state index contributed by atoms with van der Waals surface area (Å²) in [5, 5.41) is 3.50. The monoisotopic (exact) mass is 319 g/mol. The van der Waals surface area contributed by atoms with Gasteiger partial charge >= 0.3 is 0 Å². The van der Waals surface area contributed by atoms with Crippen LogP contribution in [0.5, 0.6) is 0 Å². The first-order valence-corrected chi connectivity index (χ1v) is 9.81. The molecular formula is C16H17NO2S2. The third-order valence-electron chi connectivity index (χ3n) is 3.60. The molecular weight excluding hydrogens is 302 g/mol. The molecule has 3 rings (SSSR count). The van der Waals surface area contributed by atoms with Crippen LogP contribution in [0.4, 0.5) is 5.69 Å².